The van der Waals surface area contributed by atoms with Crippen molar-refractivity contribution >= 4 is 11.8 Å². The highest BCUT2D eigenvalue weighted by molar-refractivity contribution is 7.99. The molecule has 352 valence electrons. The summed E-state index contributed by atoms with van der Waals surface area (Å²) in [5, 5.41) is 0. The molecule has 10 nitrogen and oxygen atoms in total. The number of hydrogen-bond donors (Lipinski definition) is 0. The van der Waals surface area contributed by atoms with E-state index in [9.17, 15) is 0 Å². The van der Waals surface area contributed by atoms with Crippen molar-refractivity contribution in [1.82, 2.24) is 0 Å². The van der Waals surface area contributed by atoms with Crippen LogP contribution in [0.5, 0.6) is 0 Å². The van der Waals surface area contributed by atoms with Gasteiger partial charge in [0.2, 0.25) is 0 Å². The first-order valence-corrected chi connectivity index (χ1v) is 24.2. The van der Waals surface area contributed by atoms with Crippen LogP contribution in [0.1, 0.15) is 33.4 Å². The van der Waals surface area contributed by atoms with Crippen LogP contribution >= 0.6 is 11.8 Å². The highest BCUT2D eigenvalue weighted by atomic mass is 32.2. The SMILES string of the molecule is CO[C@H]1O[C@H](CSC[C@H]2O[C@H](OC)[C@H](OCc3ccccc3)[C@@H](OCc3ccccc3)[C@H]2OCc2ccccc2)[C@@H](OCc2ccccc2)[C@H](OCc2ccccc2)[C@@H]1OCc1ccccc1. The summed E-state index contributed by atoms with van der Waals surface area (Å²) in [6.45, 7) is 2.10. The molecule has 6 aromatic rings. The third-order valence-electron chi connectivity index (χ3n) is 11.9. The summed E-state index contributed by atoms with van der Waals surface area (Å²) in [5.41, 5.74) is 6.21. The lowest BCUT2D eigenvalue weighted by molar-refractivity contribution is -0.314. The van der Waals surface area contributed by atoms with Crippen LogP contribution in [-0.2, 0) is 87.0 Å². The predicted octanol–water partition coefficient (Wildman–Crippen LogP) is 9.97. The second kappa shape index (κ2) is 26.1. The van der Waals surface area contributed by atoms with E-state index in [4.69, 9.17) is 47.4 Å². The summed E-state index contributed by atoms with van der Waals surface area (Å²) in [5.74, 6) is 1.03. The zero-order valence-electron chi connectivity index (χ0n) is 38.2. The van der Waals surface area contributed by atoms with Crippen molar-refractivity contribution in [2.45, 2.75) is 101 Å². The minimum absolute atomic E-state index is 0.346. The van der Waals surface area contributed by atoms with Gasteiger partial charge in [-0.2, -0.15) is 11.8 Å². The Morgan fingerprint density at radius 1 is 0.313 bits per heavy atom. The summed E-state index contributed by atoms with van der Waals surface area (Å²) < 4.78 is 66.9. The van der Waals surface area contributed by atoms with Crippen LogP contribution in [0.15, 0.2) is 182 Å². The van der Waals surface area contributed by atoms with Crippen LogP contribution < -0.4 is 0 Å². The number of thioether (sulfide) groups is 1. The van der Waals surface area contributed by atoms with Gasteiger partial charge in [-0.25, -0.2) is 0 Å². The van der Waals surface area contributed by atoms with Gasteiger partial charge in [0.15, 0.2) is 12.6 Å². The average Bonchev–Trinajstić information content (AvgIpc) is 3.39. The molecular weight excluding hydrogens is 865 g/mol. The summed E-state index contributed by atoms with van der Waals surface area (Å²) in [7, 11) is 3.29. The van der Waals surface area contributed by atoms with Crippen molar-refractivity contribution in [3.8, 4) is 0 Å². The smallest absolute Gasteiger partial charge is 0.186 e. The molecule has 8 rings (SSSR count). The fourth-order valence-electron chi connectivity index (χ4n) is 8.44. The number of methoxy groups -OCH3 is 2. The molecule has 6 aromatic carbocycles. The molecule has 2 aliphatic rings. The number of rotatable bonds is 24. The Kier molecular flexibility index (Phi) is 19.0. The fraction of sp³-hybridized carbons (Fsp3) is 0.357. The van der Waals surface area contributed by atoms with E-state index in [0.717, 1.165) is 33.4 Å². The van der Waals surface area contributed by atoms with Crippen LogP contribution in [0.2, 0.25) is 0 Å². The predicted molar refractivity (Wildman–Crippen MR) is 259 cm³/mol. The van der Waals surface area contributed by atoms with E-state index < -0.39 is 61.4 Å². The van der Waals surface area contributed by atoms with E-state index in [1.165, 1.54) is 0 Å². The van der Waals surface area contributed by atoms with E-state index >= 15 is 0 Å². The molecule has 0 aromatic heterocycles. The van der Waals surface area contributed by atoms with Gasteiger partial charge in [0.1, 0.15) is 36.6 Å². The van der Waals surface area contributed by atoms with Crippen molar-refractivity contribution in [2.24, 2.45) is 0 Å². The van der Waals surface area contributed by atoms with Crippen LogP contribution in [-0.4, -0.2) is 87.1 Å². The Labute approximate surface area is 399 Å². The number of hydrogen-bond acceptors (Lipinski definition) is 11. The molecule has 67 heavy (non-hydrogen) atoms. The highest BCUT2D eigenvalue weighted by Gasteiger charge is 2.51. The third-order valence-corrected chi connectivity index (χ3v) is 13.1. The first kappa shape index (κ1) is 48.7. The van der Waals surface area contributed by atoms with Crippen LogP contribution in [0.3, 0.4) is 0 Å². The topological polar surface area (TPSA) is 92.3 Å². The summed E-state index contributed by atoms with van der Waals surface area (Å²) in [6.07, 6.45) is -5.80. The molecule has 0 radical (unpaired) electrons. The molecule has 0 amide bonds. The number of benzene rings is 6. The van der Waals surface area contributed by atoms with E-state index in [1.54, 1.807) is 26.0 Å². The zero-order valence-corrected chi connectivity index (χ0v) is 39.1. The first-order chi connectivity index (χ1) is 33.1. The van der Waals surface area contributed by atoms with Gasteiger partial charge in [-0.3, -0.25) is 0 Å². The molecule has 0 bridgehead atoms. The Morgan fingerprint density at radius 2 is 0.537 bits per heavy atom. The van der Waals surface area contributed by atoms with Crippen LogP contribution in [0.25, 0.3) is 0 Å². The second-order valence-electron chi connectivity index (χ2n) is 16.7. The van der Waals surface area contributed by atoms with Gasteiger partial charge in [-0.15, -0.1) is 0 Å². The molecule has 11 heteroatoms. The van der Waals surface area contributed by atoms with Crippen LogP contribution in [0, 0.1) is 0 Å². The van der Waals surface area contributed by atoms with Gasteiger partial charge < -0.3 is 47.4 Å². The molecule has 2 saturated heterocycles. The monoisotopic (exact) mass is 926 g/mol. The van der Waals surface area contributed by atoms with Crippen LogP contribution in [0.4, 0.5) is 0 Å². The maximum absolute atomic E-state index is 6.90. The number of ether oxygens (including phenoxy) is 10. The Morgan fingerprint density at radius 3 is 0.776 bits per heavy atom. The lowest BCUT2D eigenvalue weighted by Crippen LogP contribution is -2.62. The maximum Gasteiger partial charge on any atom is 0.186 e. The quantitative estimate of drug-likeness (QED) is 0.0581. The van der Waals surface area contributed by atoms with Crippen molar-refractivity contribution < 1.29 is 47.4 Å². The Hall–Kier alpha value is -4.73. The second-order valence-corrected chi connectivity index (χ2v) is 17.7. The van der Waals surface area contributed by atoms with Gasteiger partial charge in [0.25, 0.3) is 0 Å². The van der Waals surface area contributed by atoms with Gasteiger partial charge in [-0.1, -0.05) is 182 Å². The van der Waals surface area contributed by atoms with Gasteiger partial charge >= 0.3 is 0 Å². The highest BCUT2D eigenvalue weighted by Crippen LogP contribution is 2.36. The van der Waals surface area contributed by atoms with Crippen molar-refractivity contribution in [1.29, 1.82) is 0 Å². The molecule has 0 saturated carbocycles. The van der Waals surface area contributed by atoms with E-state index in [2.05, 4.69) is 48.5 Å². The summed E-state index contributed by atoms with van der Waals surface area (Å²) >= 11 is 1.68. The normalized spacial score (nSPS) is 25.2. The molecule has 0 N–H and O–H groups in total. The van der Waals surface area contributed by atoms with E-state index in [-0.39, 0.29) is 0 Å². The standard InChI is InChI=1S/C56H62O10S/c1-57-55-53(63-37-45-29-17-7-18-30-45)51(61-35-43-25-13-5-14-26-43)49(59-33-41-21-9-3-10-22-41)47(65-55)39-67-40-48-50(60-34-42-23-11-4-12-24-42)52(62-36-44-27-15-6-16-28-44)54(56(58-2)66-48)64-38-46-31-19-8-20-32-46/h3-32,47-56H,33-40H2,1-2H3/t47-,48-,49-,50+,51+,52+,53+,54-,55+,56+/m1/s1. The maximum atomic E-state index is 6.90. The minimum Gasteiger partial charge on any atom is -0.368 e. The van der Waals surface area contributed by atoms with E-state index in [1.807, 2.05) is 133 Å². The Bertz CT molecular complexity index is 2090. The van der Waals surface area contributed by atoms with Gasteiger partial charge in [0.05, 0.1) is 51.8 Å². The fourth-order valence-corrected chi connectivity index (χ4v) is 9.58. The van der Waals surface area contributed by atoms with E-state index in [0.29, 0.717) is 51.1 Å². The third kappa shape index (κ3) is 14.2. The molecule has 0 unspecified atom stereocenters. The molecule has 0 aliphatic carbocycles. The molecule has 2 aliphatic heterocycles. The average molecular weight is 927 g/mol. The molecule has 0 spiro atoms. The Balaban J connectivity index is 1.06. The summed E-state index contributed by atoms with van der Waals surface area (Å²) in [4.78, 5) is 0. The molecule has 2 heterocycles. The lowest BCUT2D eigenvalue weighted by atomic mass is 9.98. The van der Waals surface area contributed by atoms with Crippen molar-refractivity contribution in [2.75, 3.05) is 25.7 Å². The minimum atomic E-state index is -0.740. The first-order valence-electron chi connectivity index (χ1n) is 23.0. The molecule has 10 atom stereocenters. The van der Waals surface area contributed by atoms with Gasteiger partial charge in [-0.05, 0) is 33.4 Å². The molecular formula is C56H62O10S. The lowest BCUT2D eigenvalue weighted by Gasteiger charge is -2.46. The van der Waals surface area contributed by atoms with Crippen molar-refractivity contribution in [3.63, 3.8) is 0 Å². The molecule has 2 fully saturated rings. The van der Waals surface area contributed by atoms with Gasteiger partial charge in [0, 0.05) is 25.7 Å². The largest absolute Gasteiger partial charge is 0.368 e. The van der Waals surface area contributed by atoms with Crippen molar-refractivity contribution in [3.05, 3.63) is 215 Å². The summed E-state index contributed by atoms with van der Waals surface area (Å²) in [6, 6.07) is 60.8. The zero-order chi connectivity index (χ0) is 45.9.